The number of aromatic nitrogens is 1. The molecule has 1 N–H and O–H groups in total. The number of carbonyl (C=O) groups is 1. The second-order valence-electron chi connectivity index (χ2n) is 5.48. The Balaban J connectivity index is 2.10. The molecule has 0 aliphatic carbocycles. The molecule has 0 aliphatic rings. The number of nitrogens with one attached hydrogen (secondary N) is 1. The summed E-state index contributed by atoms with van der Waals surface area (Å²) in [5.74, 6) is 1.26. The molecule has 1 aromatic carbocycles. The van der Waals surface area contributed by atoms with Gasteiger partial charge in [0.25, 0.3) is 5.91 Å². The molecule has 5 nitrogen and oxygen atoms in total. The minimum atomic E-state index is -0.0252. The zero-order valence-corrected chi connectivity index (χ0v) is 14.9. The van der Waals surface area contributed by atoms with Crippen LogP contribution in [0, 0.1) is 0 Å². The zero-order valence-electron chi connectivity index (χ0n) is 14.2. The molecule has 0 spiro atoms. The number of methoxy groups -OCH3 is 1. The molecule has 128 valence electrons. The summed E-state index contributed by atoms with van der Waals surface area (Å²) < 4.78 is 5.29. The SMILES string of the molecule is CCCCN(C)C(=O)c1ccc(Nc2cc(Cl)ccc2OC)nc1. The Morgan fingerprint density at radius 1 is 1.33 bits per heavy atom. The van der Waals surface area contributed by atoms with E-state index in [0.717, 1.165) is 25.1 Å². The van der Waals surface area contributed by atoms with E-state index in [0.29, 0.717) is 22.2 Å². The van der Waals surface area contributed by atoms with Gasteiger partial charge in [-0.1, -0.05) is 24.9 Å². The summed E-state index contributed by atoms with van der Waals surface area (Å²) >= 11 is 6.02. The molecule has 0 radical (unpaired) electrons. The maximum Gasteiger partial charge on any atom is 0.255 e. The van der Waals surface area contributed by atoms with Gasteiger partial charge in [-0.15, -0.1) is 0 Å². The lowest BCUT2D eigenvalue weighted by atomic mass is 10.2. The summed E-state index contributed by atoms with van der Waals surface area (Å²) in [7, 11) is 3.40. The second-order valence-corrected chi connectivity index (χ2v) is 5.92. The average molecular weight is 348 g/mol. The van der Waals surface area contributed by atoms with Crippen LogP contribution in [-0.4, -0.2) is 36.5 Å². The number of benzene rings is 1. The fourth-order valence-electron chi connectivity index (χ4n) is 2.23. The van der Waals surface area contributed by atoms with Crippen molar-refractivity contribution in [1.29, 1.82) is 0 Å². The quantitative estimate of drug-likeness (QED) is 0.808. The van der Waals surface area contributed by atoms with Crippen molar-refractivity contribution >= 4 is 29.0 Å². The molecule has 2 aromatic rings. The van der Waals surface area contributed by atoms with E-state index in [2.05, 4.69) is 17.2 Å². The standard InChI is InChI=1S/C18H22ClN3O2/c1-4-5-10-22(2)18(23)13-6-9-17(20-12-13)21-15-11-14(19)7-8-16(15)24-3/h6-9,11-12H,4-5,10H2,1-3H3,(H,20,21). The van der Waals surface area contributed by atoms with Gasteiger partial charge in [0.2, 0.25) is 0 Å². The van der Waals surface area contributed by atoms with E-state index in [-0.39, 0.29) is 5.91 Å². The van der Waals surface area contributed by atoms with Gasteiger partial charge >= 0.3 is 0 Å². The summed E-state index contributed by atoms with van der Waals surface area (Å²) in [6.45, 7) is 2.85. The molecule has 6 heteroatoms. The van der Waals surface area contributed by atoms with Gasteiger partial charge in [0.1, 0.15) is 11.6 Å². The van der Waals surface area contributed by atoms with Crippen LogP contribution in [0.2, 0.25) is 5.02 Å². The number of pyridine rings is 1. The smallest absolute Gasteiger partial charge is 0.255 e. The van der Waals surface area contributed by atoms with Crippen molar-refractivity contribution in [1.82, 2.24) is 9.88 Å². The highest BCUT2D eigenvalue weighted by Gasteiger charge is 2.12. The maximum atomic E-state index is 12.3. The molecular weight excluding hydrogens is 326 g/mol. The lowest BCUT2D eigenvalue weighted by Crippen LogP contribution is -2.27. The Kier molecular flexibility index (Phi) is 6.44. The lowest BCUT2D eigenvalue weighted by molar-refractivity contribution is 0.0793. The third-order valence-electron chi connectivity index (χ3n) is 3.63. The Hall–Kier alpha value is -2.27. The third kappa shape index (κ3) is 4.61. The first-order valence-electron chi connectivity index (χ1n) is 7.87. The van der Waals surface area contributed by atoms with Gasteiger partial charge in [-0.2, -0.15) is 0 Å². The highest BCUT2D eigenvalue weighted by Crippen LogP contribution is 2.29. The van der Waals surface area contributed by atoms with Crippen molar-refractivity contribution in [2.75, 3.05) is 26.0 Å². The van der Waals surface area contributed by atoms with Crippen LogP contribution in [0.4, 0.5) is 11.5 Å². The van der Waals surface area contributed by atoms with Crippen molar-refractivity contribution in [3.05, 3.63) is 47.1 Å². The van der Waals surface area contributed by atoms with Gasteiger partial charge in [-0.05, 0) is 36.8 Å². The highest BCUT2D eigenvalue weighted by atomic mass is 35.5. The summed E-state index contributed by atoms with van der Waals surface area (Å²) in [6, 6.07) is 8.83. The number of hydrogen-bond donors (Lipinski definition) is 1. The van der Waals surface area contributed by atoms with E-state index in [9.17, 15) is 4.79 Å². The number of hydrogen-bond acceptors (Lipinski definition) is 4. The first kappa shape index (κ1) is 18.1. The summed E-state index contributed by atoms with van der Waals surface area (Å²) in [5.41, 5.74) is 1.29. The van der Waals surface area contributed by atoms with Crippen molar-refractivity contribution in [2.24, 2.45) is 0 Å². The van der Waals surface area contributed by atoms with Crippen LogP contribution < -0.4 is 10.1 Å². The maximum absolute atomic E-state index is 12.3. The van der Waals surface area contributed by atoms with Crippen LogP contribution in [0.5, 0.6) is 5.75 Å². The largest absolute Gasteiger partial charge is 0.495 e. The van der Waals surface area contributed by atoms with E-state index in [4.69, 9.17) is 16.3 Å². The number of rotatable bonds is 7. The monoisotopic (exact) mass is 347 g/mol. The molecule has 0 bridgehead atoms. The van der Waals surface area contributed by atoms with Crippen LogP contribution >= 0.6 is 11.6 Å². The Morgan fingerprint density at radius 2 is 2.12 bits per heavy atom. The minimum Gasteiger partial charge on any atom is -0.495 e. The molecule has 1 amide bonds. The van der Waals surface area contributed by atoms with Crippen molar-refractivity contribution < 1.29 is 9.53 Å². The number of amides is 1. The lowest BCUT2D eigenvalue weighted by Gasteiger charge is -2.17. The molecule has 1 heterocycles. The van der Waals surface area contributed by atoms with Gasteiger partial charge in [0, 0.05) is 24.8 Å². The number of unbranched alkanes of at least 4 members (excludes halogenated alkanes) is 1. The van der Waals surface area contributed by atoms with Crippen LogP contribution in [0.3, 0.4) is 0 Å². The van der Waals surface area contributed by atoms with Crippen molar-refractivity contribution in [3.63, 3.8) is 0 Å². The molecule has 1 aromatic heterocycles. The third-order valence-corrected chi connectivity index (χ3v) is 3.86. The average Bonchev–Trinajstić information content (AvgIpc) is 2.60. The molecular formula is C18H22ClN3O2. The van der Waals surface area contributed by atoms with E-state index >= 15 is 0 Å². The van der Waals surface area contributed by atoms with Gasteiger partial charge in [-0.3, -0.25) is 4.79 Å². The molecule has 24 heavy (non-hydrogen) atoms. The van der Waals surface area contributed by atoms with E-state index in [1.54, 1.807) is 55.6 Å². The van der Waals surface area contributed by atoms with Gasteiger partial charge in [-0.25, -0.2) is 4.98 Å². The highest BCUT2D eigenvalue weighted by molar-refractivity contribution is 6.31. The predicted octanol–water partition coefficient (Wildman–Crippen LogP) is 4.36. The van der Waals surface area contributed by atoms with Gasteiger partial charge < -0.3 is 15.0 Å². The summed E-state index contributed by atoms with van der Waals surface area (Å²) in [6.07, 6.45) is 3.62. The summed E-state index contributed by atoms with van der Waals surface area (Å²) in [4.78, 5) is 18.3. The van der Waals surface area contributed by atoms with E-state index in [1.165, 1.54) is 0 Å². The number of ether oxygens (including phenoxy) is 1. The fourth-order valence-corrected chi connectivity index (χ4v) is 2.40. The van der Waals surface area contributed by atoms with Crippen LogP contribution in [0.25, 0.3) is 0 Å². The second kappa shape index (κ2) is 8.55. The first-order valence-corrected chi connectivity index (χ1v) is 8.25. The Morgan fingerprint density at radius 3 is 2.75 bits per heavy atom. The molecule has 0 aliphatic heterocycles. The van der Waals surface area contributed by atoms with E-state index < -0.39 is 0 Å². The van der Waals surface area contributed by atoms with Crippen molar-refractivity contribution in [2.45, 2.75) is 19.8 Å². The van der Waals surface area contributed by atoms with Crippen LogP contribution in [-0.2, 0) is 0 Å². The number of carbonyl (C=O) groups excluding carboxylic acids is 1. The molecule has 0 atom stereocenters. The Labute approximate surface area is 147 Å². The zero-order chi connectivity index (χ0) is 17.5. The molecule has 0 fully saturated rings. The topological polar surface area (TPSA) is 54.5 Å². The molecule has 0 saturated heterocycles. The predicted molar refractivity (Wildman–Crippen MR) is 97.4 cm³/mol. The molecule has 0 saturated carbocycles. The first-order chi connectivity index (χ1) is 11.5. The van der Waals surface area contributed by atoms with Crippen LogP contribution in [0.1, 0.15) is 30.1 Å². The van der Waals surface area contributed by atoms with E-state index in [1.807, 2.05) is 0 Å². The van der Waals surface area contributed by atoms with Crippen LogP contribution in [0.15, 0.2) is 36.5 Å². The number of nitrogens with zero attached hydrogens (tertiary/aromatic N) is 2. The van der Waals surface area contributed by atoms with Gasteiger partial charge in [0.15, 0.2) is 0 Å². The number of halogens is 1. The fraction of sp³-hybridized carbons (Fsp3) is 0.333. The molecule has 2 rings (SSSR count). The normalized spacial score (nSPS) is 10.3. The number of anilines is 2. The Bertz CT molecular complexity index is 689. The molecule has 0 unspecified atom stereocenters. The van der Waals surface area contributed by atoms with Gasteiger partial charge in [0.05, 0.1) is 18.4 Å². The van der Waals surface area contributed by atoms with Crippen molar-refractivity contribution in [3.8, 4) is 5.75 Å². The minimum absolute atomic E-state index is 0.0252. The summed E-state index contributed by atoms with van der Waals surface area (Å²) in [5, 5.41) is 3.75.